The third-order valence-corrected chi connectivity index (χ3v) is 4.28. The second-order valence-electron chi connectivity index (χ2n) is 5.37. The van der Waals surface area contributed by atoms with Gasteiger partial charge in [0.15, 0.2) is 0 Å². The van der Waals surface area contributed by atoms with Crippen molar-refractivity contribution in [3.63, 3.8) is 0 Å². The fourth-order valence-corrected chi connectivity index (χ4v) is 2.79. The highest BCUT2D eigenvalue weighted by Gasteiger charge is 2.15. The van der Waals surface area contributed by atoms with Crippen LogP contribution in [0.4, 0.5) is 11.6 Å². The smallest absolute Gasteiger partial charge is 0.328 e. The molecule has 1 aromatic carbocycles. The summed E-state index contributed by atoms with van der Waals surface area (Å²) in [4.78, 5) is 17.9. The fraction of sp³-hybridized carbons (Fsp3) is 0.167. The first-order valence-electron chi connectivity index (χ1n) is 7.87. The molecule has 0 aliphatic rings. The maximum Gasteiger partial charge on any atom is 0.328 e. The topological polar surface area (TPSA) is 135 Å². The third-order valence-electron chi connectivity index (χ3n) is 2.94. The van der Waals surface area contributed by atoms with E-state index < -0.39 is 16.0 Å². The number of nitrogens with one attached hydrogen (secondary N) is 1. The minimum atomic E-state index is -3.69. The Kier molecular flexibility index (Phi) is 8.15. The molecule has 0 aliphatic carbocycles. The summed E-state index contributed by atoms with van der Waals surface area (Å²) < 4.78 is 26.6. The number of carboxylic acids is 1. The summed E-state index contributed by atoms with van der Waals surface area (Å²) in [6.07, 6.45) is 5.98. The van der Waals surface area contributed by atoms with E-state index >= 15 is 0 Å². The van der Waals surface area contributed by atoms with Gasteiger partial charge in [-0.3, -0.25) is 0 Å². The van der Waals surface area contributed by atoms with Crippen LogP contribution in [0.1, 0.15) is 18.3 Å². The van der Waals surface area contributed by atoms with Crippen LogP contribution >= 0.6 is 0 Å². The van der Waals surface area contributed by atoms with Crippen molar-refractivity contribution in [1.82, 2.24) is 9.97 Å². The van der Waals surface area contributed by atoms with Crippen LogP contribution in [-0.4, -0.2) is 29.5 Å². The van der Waals surface area contributed by atoms with Crippen molar-refractivity contribution >= 4 is 27.6 Å². The Labute approximate surface area is 158 Å². The highest BCUT2D eigenvalue weighted by Crippen LogP contribution is 2.15. The number of nitrogen functional groups attached to an aromatic ring is 1. The van der Waals surface area contributed by atoms with Crippen molar-refractivity contribution in [2.24, 2.45) is 0 Å². The zero-order valence-corrected chi connectivity index (χ0v) is 16.1. The fourth-order valence-electron chi connectivity index (χ4n) is 1.85. The molecule has 2 aromatic rings. The summed E-state index contributed by atoms with van der Waals surface area (Å²) >= 11 is 0. The minimum absolute atomic E-state index is 0.0642. The lowest BCUT2D eigenvalue weighted by atomic mass is 10.3. The zero-order valence-electron chi connectivity index (χ0n) is 15.2. The van der Waals surface area contributed by atoms with Crippen LogP contribution in [0.5, 0.6) is 0 Å². The Balaban J connectivity index is 0.000000387. The molecule has 4 N–H and O–H groups in total. The second-order valence-corrected chi connectivity index (χ2v) is 7.05. The van der Waals surface area contributed by atoms with Gasteiger partial charge in [0.05, 0.1) is 4.90 Å². The summed E-state index contributed by atoms with van der Waals surface area (Å²) in [7, 11) is -3.69. The van der Waals surface area contributed by atoms with Crippen molar-refractivity contribution in [3.8, 4) is 0 Å². The molecule has 0 fully saturated rings. The molecule has 1 heterocycles. The normalized spacial score (nSPS) is 11.2. The third kappa shape index (κ3) is 8.15. The molecule has 0 amide bonds. The number of sulfonamides is 1. The first kappa shape index (κ1) is 21.8. The number of nitrogens with two attached hydrogens (primary N) is 1. The molecule has 0 radical (unpaired) electrons. The number of nitrogens with zero attached hydrogens (tertiary/aromatic N) is 2. The van der Waals surface area contributed by atoms with E-state index in [1.165, 1.54) is 30.3 Å². The molecule has 0 spiro atoms. The van der Waals surface area contributed by atoms with Gasteiger partial charge in [0.25, 0.3) is 10.0 Å². The number of allylic oxidation sites excluding steroid dienone is 3. The standard InChI is InChI=1S/C12H14N4O2S.C6H8O2/c1-8-7-9(2)15-12(14-8)16-19(17,18)11-5-3-10(13)4-6-11;1-2-3-4-5-6(7)8/h3-7H,13H2,1-2H3,(H,14,15,16);2-5H,1H3,(H,7,8)/b;3-2+,5-4+. The number of hydrogen-bond donors (Lipinski definition) is 3. The van der Waals surface area contributed by atoms with Crippen LogP contribution in [0.3, 0.4) is 0 Å². The Morgan fingerprint density at radius 2 is 1.67 bits per heavy atom. The van der Waals surface area contributed by atoms with E-state index in [2.05, 4.69) is 14.7 Å². The Morgan fingerprint density at radius 1 is 1.11 bits per heavy atom. The van der Waals surface area contributed by atoms with E-state index in [0.29, 0.717) is 17.1 Å². The molecule has 0 saturated heterocycles. The lowest BCUT2D eigenvalue weighted by molar-refractivity contribution is -0.131. The average molecular weight is 390 g/mol. The van der Waals surface area contributed by atoms with Crippen LogP contribution in [0.25, 0.3) is 0 Å². The summed E-state index contributed by atoms with van der Waals surface area (Å²) in [6.45, 7) is 5.37. The molecule has 0 unspecified atom stereocenters. The summed E-state index contributed by atoms with van der Waals surface area (Å²) in [5.74, 6) is -0.850. The Hall–Kier alpha value is -3.20. The van der Waals surface area contributed by atoms with Gasteiger partial charge in [-0.25, -0.2) is 27.9 Å². The van der Waals surface area contributed by atoms with Gasteiger partial charge in [0, 0.05) is 23.2 Å². The SMILES string of the molecule is C/C=C/C=C/C(=O)O.Cc1cc(C)nc(NS(=O)(=O)c2ccc(N)cc2)n1. The number of rotatable bonds is 5. The van der Waals surface area contributed by atoms with E-state index in [1.807, 2.05) is 6.92 Å². The monoisotopic (exact) mass is 390 g/mol. The van der Waals surface area contributed by atoms with Crippen molar-refractivity contribution in [3.05, 3.63) is 66.0 Å². The van der Waals surface area contributed by atoms with Gasteiger partial charge in [0.2, 0.25) is 5.95 Å². The predicted octanol–water partition coefficient (Wildman–Crippen LogP) is 2.68. The summed E-state index contributed by atoms with van der Waals surface area (Å²) in [5, 5.41) is 8.02. The summed E-state index contributed by atoms with van der Waals surface area (Å²) in [6, 6.07) is 7.68. The largest absolute Gasteiger partial charge is 0.478 e. The number of carboxylic acid groups (broad SMARTS) is 1. The first-order valence-corrected chi connectivity index (χ1v) is 9.35. The van der Waals surface area contributed by atoms with Gasteiger partial charge in [-0.05, 0) is 51.1 Å². The van der Waals surface area contributed by atoms with E-state index in [-0.39, 0.29) is 10.8 Å². The average Bonchev–Trinajstić information content (AvgIpc) is 2.54. The number of aromatic nitrogens is 2. The van der Waals surface area contributed by atoms with Gasteiger partial charge in [-0.2, -0.15) is 0 Å². The van der Waals surface area contributed by atoms with Gasteiger partial charge in [-0.15, -0.1) is 0 Å². The minimum Gasteiger partial charge on any atom is -0.478 e. The number of anilines is 2. The van der Waals surface area contributed by atoms with Crippen LogP contribution in [0, 0.1) is 13.8 Å². The van der Waals surface area contributed by atoms with Crippen LogP contribution < -0.4 is 10.5 Å². The molecule has 2 rings (SSSR count). The Morgan fingerprint density at radius 3 is 2.15 bits per heavy atom. The number of aryl methyl sites for hydroxylation is 2. The summed E-state index contributed by atoms with van der Waals surface area (Å²) in [5.41, 5.74) is 7.42. The number of benzene rings is 1. The quantitative estimate of drug-likeness (QED) is 0.406. The highest BCUT2D eigenvalue weighted by molar-refractivity contribution is 7.92. The van der Waals surface area contributed by atoms with Crippen LogP contribution in [0.2, 0.25) is 0 Å². The number of carbonyl (C=O) groups is 1. The van der Waals surface area contributed by atoms with E-state index in [9.17, 15) is 13.2 Å². The van der Waals surface area contributed by atoms with Crippen LogP contribution in [-0.2, 0) is 14.8 Å². The highest BCUT2D eigenvalue weighted by atomic mass is 32.2. The number of aliphatic carboxylic acids is 1. The van der Waals surface area contributed by atoms with Crippen molar-refractivity contribution in [1.29, 1.82) is 0 Å². The van der Waals surface area contributed by atoms with Gasteiger partial charge >= 0.3 is 5.97 Å². The predicted molar refractivity (Wildman–Crippen MR) is 105 cm³/mol. The first-order chi connectivity index (χ1) is 12.6. The van der Waals surface area contributed by atoms with Gasteiger partial charge < -0.3 is 10.8 Å². The maximum absolute atomic E-state index is 12.1. The molecule has 0 bridgehead atoms. The van der Waals surface area contributed by atoms with Gasteiger partial charge in [-0.1, -0.05) is 18.2 Å². The molecule has 144 valence electrons. The lowest BCUT2D eigenvalue weighted by Crippen LogP contribution is -2.15. The van der Waals surface area contributed by atoms with Crippen molar-refractivity contribution in [2.45, 2.75) is 25.7 Å². The number of hydrogen-bond acceptors (Lipinski definition) is 6. The van der Waals surface area contributed by atoms with E-state index in [1.54, 1.807) is 32.1 Å². The molecular formula is C18H22N4O4S. The van der Waals surface area contributed by atoms with Crippen molar-refractivity contribution < 1.29 is 18.3 Å². The second kappa shape index (κ2) is 10.1. The zero-order chi connectivity index (χ0) is 20.4. The lowest BCUT2D eigenvalue weighted by Gasteiger charge is -2.08. The van der Waals surface area contributed by atoms with Crippen molar-refractivity contribution in [2.75, 3.05) is 10.5 Å². The molecular weight excluding hydrogens is 368 g/mol. The van der Waals surface area contributed by atoms with Gasteiger partial charge in [0.1, 0.15) is 0 Å². The molecule has 0 aliphatic heterocycles. The molecule has 8 nitrogen and oxygen atoms in total. The van der Waals surface area contributed by atoms with Crippen LogP contribution in [0.15, 0.2) is 59.5 Å². The van der Waals surface area contributed by atoms with E-state index in [0.717, 1.165) is 6.08 Å². The van der Waals surface area contributed by atoms with E-state index in [4.69, 9.17) is 10.8 Å². The molecule has 0 saturated carbocycles. The maximum atomic E-state index is 12.1. The molecule has 0 atom stereocenters. The Bertz CT molecular complexity index is 916. The molecule has 9 heteroatoms. The molecule has 1 aromatic heterocycles. The molecule has 27 heavy (non-hydrogen) atoms.